The Balaban J connectivity index is 1.85. The van der Waals surface area contributed by atoms with Crippen LogP contribution in [0, 0.1) is 6.92 Å². The fourth-order valence-corrected chi connectivity index (χ4v) is 2.44. The first-order valence-corrected chi connectivity index (χ1v) is 6.93. The number of aromatic nitrogens is 3. The molecule has 4 nitrogen and oxygen atoms in total. The van der Waals surface area contributed by atoms with Gasteiger partial charge < -0.3 is 5.32 Å². The molecule has 0 amide bonds. The third-order valence-electron chi connectivity index (χ3n) is 2.76. The number of para-hydroxylation sites is 1. The number of aryl methyl sites for hydroxylation is 1. The van der Waals surface area contributed by atoms with Crippen LogP contribution in [0.15, 0.2) is 48.2 Å². The van der Waals surface area contributed by atoms with Gasteiger partial charge in [0, 0.05) is 23.0 Å². The van der Waals surface area contributed by atoms with Gasteiger partial charge in [0.05, 0.1) is 17.7 Å². The van der Waals surface area contributed by atoms with Gasteiger partial charge in [-0.3, -0.25) is 9.55 Å². The third-order valence-corrected chi connectivity index (χ3v) is 3.54. The maximum atomic E-state index is 4.52. The SMILES string of the molecule is Cc1cn(-c2ccccc2)c(NCc2cncs2)n1. The summed E-state index contributed by atoms with van der Waals surface area (Å²) in [5, 5.41) is 3.36. The largest absolute Gasteiger partial charge is 0.350 e. The van der Waals surface area contributed by atoms with Crippen molar-refractivity contribution in [1.29, 1.82) is 0 Å². The van der Waals surface area contributed by atoms with Crippen LogP contribution in [0.2, 0.25) is 0 Å². The summed E-state index contributed by atoms with van der Waals surface area (Å²) >= 11 is 1.64. The lowest BCUT2D eigenvalue weighted by Crippen LogP contribution is -2.05. The predicted molar refractivity (Wildman–Crippen MR) is 77.7 cm³/mol. The molecule has 0 bridgehead atoms. The zero-order valence-electron chi connectivity index (χ0n) is 10.6. The van der Waals surface area contributed by atoms with Gasteiger partial charge in [-0.25, -0.2) is 4.98 Å². The van der Waals surface area contributed by atoms with E-state index in [0.717, 1.165) is 23.9 Å². The molecule has 0 aliphatic heterocycles. The summed E-state index contributed by atoms with van der Waals surface area (Å²) in [5.41, 5.74) is 3.94. The van der Waals surface area contributed by atoms with Crippen LogP contribution in [0.1, 0.15) is 10.6 Å². The number of anilines is 1. The Bertz CT molecular complexity index is 643. The quantitative estimate of drug-likeness (QED) is 0.791. The number of hydrogen-bond donors (Lipinski definition) is 1. The van der Waals surface area contributed by atoms with E-state index >= 15 is 0 Å². The van der Waals surface area contributed by atoms with Gasteiger partial charge in [-0.2, -0.15) is 0 Å². The summed E-state index contributed by atoms with van der Waals surface area (Å²) in [6.45, 7) is 2.74. The maximum Gasteiger partial charge on any atom is 0.208 e. The predicted octanol–water partition coefficient (Wildman–Crippen LogP) is 3.25. The molecule has 2 aromatic heterocycles. The van der Waals surface area contributed by atoms with E-state index in [4.69, 9.17) is 0 Å². The van der Waals surface area contributed by atoms with E-state index in [2.05, 4.69) is 32.0 Å². The second-order valence-electron chi connectivity index (χ2n) is 4.23. The maximum absolute atomic E-state index is 4.52. The molecular weight excluding hydrogens is 256 g/mol. The molecule has 0 fully saturated rings. The van der Waals surface area contributed by atoms with Gasteiger partial charge in [-0.15, -0.1) is 11.3 Å². The standard InChI is InChI=1S/C14H14N4S/c1-11-9-18(12-5-3-2-4-6-12)14(17-11)16-8-13-7-15-10-19-13/h2-7,9-10H,8H2,1H3,(H,16,17). The molecule has 0 aliphatic carbocycles. The molecule has 2 heterocycles. The fourth-order valence-electron chi connectivity index (χ4n) is 1.90. The Labute approximate surface area is 115 Å². The minimum Gasteiger partial charge on any atom is -0.350 e. The number of nitrogens with one attached hydrogen (secondary N) is 1. The van der Waals surface area contributed by atoms with Crippen molar-refractivity contribution in [2.45, 2.75) is 13.5 Å². The summed E-state index contributed by atoms with van der Waals surface area (Å²) in [6, 6.07) is 10.2. The molecule has 3 rings (SSSR count). The Morgan fingerprint density at radius 1 is 1.26 bits per heavy atom. The Morgan fingerprint density at radius 2 is 2.11 bits per heavy atom. The smallest absolute Gasteiger partial charge is 0.208 e. The number of imidazole rings is 1. The molecule has 96 valence electrons. The monoisotopic (exact) mass is 270 g/mol. The fraction of sp³-hybridized carbons (Fsp3) is 0.143. The molecule has 0 unspecified atom stereocenters. The van der Waals surface area contributed by atoms with Gasteiger partial charge in [0.1, 0.15) is 0 Å². The molecule has 3 aromatic rings. The van der Waals surface area contributed by atoms with Crippen LogP contribution < -0.4 is 5.32 Å². The molecular formula is C14H14N4S. The summed E-state index contributed by atoms with van der Waals surface area (Å²) in [7, 11) is 0. The minimum absolute atomic E-state index is 0.744. The van der Waals surface area contributed by atoms with Crippen LogP contribution in [-0.4, -0.2) is 14.5 Å². The summed E-state index contributed by atoms with van der Waals surface area (Å²) in [6.07, 6.45) is 3.91. The molecule has 1 aromatic carbocycles. The van der Waals surface area contributed by atoms with Gasteiger partial charge in [-0.1, -0.05) is 18.2 Å². The van der Waals surface area contributed by atoms with E-state index in [9.17, 15) is 0 Å². The highest BCUT2D eigenvalue weighted by atomic mass is 32.1. The molecule has 0 saturated carbocycles. The van der Waals surface area contributed by atoms with Crippen LogP contribution in [0.25, 0.3) is 5.69 Å². The average Bonchev–Trinajstić information content (AvgIpc) is 3.06. The summed E-state index contributed by atoms with van der Waals surface area (Å²) in [5.74, 6) is 0.858. The van der Waals surface area contributed by atoms with Crippen LogP contribution in [0.4, 0.5) is 5.95 Å². The van der Waals surface area contributed by atoms with Gasteiger partial charge in [-0.05, 0) is 19.1 Å². The first-order chi connectivity index (χ1) is 9.33. The molecule has 19 heavy (non-hydrogen) atoms. The van der Waals surface area contributed by atoms with Crippen LogP contribution in [0.5, 0.6) is 0 Å². The topological polar surface area (TPSA) is 42.7 Å². The number of hydrogen-bond acceptors (Lipinski definition) is 4. The molecule has 0 atom stereocenters. The molecule has 1 N–H and O–H groups in total. The minimum atomic E-state index is 0.744. The van der Waals surface area contributed by atoms with Gasteiger partial charge in [0.2, 0.25) is 5.95 Å². The highest BCUT2D eigenvalue weighted by molar-refractivity contribution is 7.09. The lowest BCUT2D eigenvalue weighted by Gasteiger charge is -2.08. The molecule has 0 spiro atoms. The highest BCUT2D eigenvalue weighted by Gasteiger charge is 2.07. The van der Waals surface area contributed by atoms with Crippen molar-refractivity contribution in [2.75, 3.05) is 5.32 Å². The Hall–Kier alpha value is -2.14. The number of benzene rings is 1. The van der Waals surface area contributed by atoms with Crippen LogP contribution >= 0.6 is 11.3 Å². The highest BCUT2D eigenvalue weighted by Crippen LogP contribution is 2.17. The zero-order chi connectivity index (χ0) is 13.1. The van der Waals surface area contributed by atoms with E-state index in [0.29, 0.717) is 0 Å². The van der Waals surface area contributed by atoms with Gasteiger partial charge >= 0.3 is 0 Å². The lowest BCUT2D eigenvalue weighted by molar-refractivity contribution is 1.01. The normalized spacial score (nSPS) is 10.6. The Kier molecular flexibility index (Phi) is 3.29. The molecule has 0 radical (unpaired) electrons. The zero-order valence-corrected chi connectivity index (χ0v) is 11.4. The van der Waals surface area contributed by atoms with Gasteiger partial charge in [0.25, 0.3) is 0 Å². The molecule has 5 heteroatoms. The summed E-state index contributed by atoms with van der Waals surface area (Å²) in [4.78, 5) is 9.79. The number of thiazole rings is 1. The second-order valence-corrected chi connectivity index (χ2v) is 5.20. The number of rotatable bonds is 4. The van der Waals surface area contributed by atoms with Crippen molar-refractivity contribution in [3.05, 3.63) is 58.8 Å². The van der Waals surface area contributed by atoms with Crippen molar-refractivity contribution in [1.82, 2.24) is 14.5 Å². The van der Waals surface area contributed by atoms with Crippen molar-refractivity contribution >= 4 is 17.3 Å². The Morgan fingerprint density at radius 3 is 2.84 bits per heavy atom. The number of nitrogens with zero attached hydrogens (tertiary/aromatic N) is 3. The van der Waals surface area contributed by atoms with Crippen molar-refractivity contribution in [3.8, 4) is 5.69 Å². The van der Waals surface area contributed by atoms with E-state index < -0.39 is 0 Å². The van der Waals surface area contributed by atoms with E-state index in [1.807, 2.05) is 43.0 Å². The van der Waals surface area contributed by atoms with Gasteiger partial charge in [0.15, 0.2) is 0 Å². The first kappa shape index (κ1) is 11.9. The van der Waals surface area contributed by atoms with Crippen molar-refractivity contribution < 1.29 is 0 Å². The van der Waals surface area contributed by atoms with E-state index in [1.54, 1.807) is 11.3 Å². The van der Waals surface area contributed by atoms with E-state index in [-0.39, 0.29) is 0 Å². The van der Waals surface area contributed by atoms with Crippen molar-refractivity contribution in [2.24, 2.45) is 0 Å². The lowest BCUT2D eigenvalue weighted by atomic mass is 10.3. The third kappa shape index (κ3) is 2.66. The van der Waals surface area contributed by atoms with E-state index in [1.165, 1.54) is 4.88 Å². The molecule has 0 aliphatic rings. The molecule has 0 saturated heterocycles. The first-order valence-electron chi connectivity index (χ1n) is 6.05. The second kappa shape index (κ2) is 5.24. The van der Waals surface area contributed by atoms with Crippen molar-refractivity contribution in [3.63, 3.8) is 0 Å². The van der Waals surface area contributed by atoms with Crippen LogP contribution in [0.3, 0.4) is 0 Å². The van der Waals surface area contributed by atoms with Crippen LogP contribution in [-0.2, 0) is 6.54 Å². The average molecular weight is 270 g/mol. The summed E-state index contributed by atoms with van der Waals surface area (Å²) < 4.78 is 2.07.